The lowest BCUT2D eigenvalue weighted by Crippen LogP contribution is -2.44. The molecule has 3 aromatic rings. The topological polar surface area (TPSA) is 81.7 Å². The zero-order valence-corrected chi connectivity index (χ0v) is 19.7. The number of rotatable bonds is 9. The summed E-state index contributed by atoms with van der Waals surface area (Å²) in [6, 6.07) is 16.0. The van der Waals surface area contributed by atoms with Crippen LogP contribution in [0.2, 0.25) is 0 Å². The first kappa shape index (κ1) is 25.3. The summed E-state index contributed by atoms with van der Waals surface area (Å²) in [5.41, 5.74) is 1.67. The number of benzene rings is 3. The van der Waals surface area contributed by atoms with Gasteiger partial charge in [0.05, 0.1) is 12.0 Å². The van der Waals surface area contributed by atoms with Crippen LogP contribution in [-0.4, -0.2) is 27.5 Å². The van der Waals surface area contributed by atoms with E-state index < -0.39 is 33.7 Å². The van der Waals surface area contributed by atoms with Crippen molar-refractivity contribution in [1.82, 2.24) is 4.72 Å². The van der Waals surface area contributed by atoms with E-state index >= 15 is 0 Å². The maximum absolute atomic E-state index is 13.7. The van der Waals surface area contributed by atoms with E-state index in [9.17, 15) is 22.0 Å². The van der Waals surface area contributed by atoms with Crippen LogP contribution in [0.5, 0.6) is 5.75 Å². The first-order valence-corrected chi connectivity index (χ1v) is 12.0. The van der Waals surface area contributed by atoms with Gasteiger partial charge in [-0.1, -0.05) is 50.2 Å². The Morgan fingerprint density at radius 2 is 1.53 bits per heavy atom. The monoisotopic (exact) mass is 489 g/mol. The molecule has 0 saturated heterocycles. The fraction of sp³-hybridized carbons (Fsp3) is 0.240. The Morgan fingerprint density at radius 3 is 2.09 bits per heavy atom. The van der Waals surface area contributed by atoms with E-state index in [1.54, 1.807) is 50.2 Å². The normalized spacial score (nSPS) is 12.4. The van der Waals surface area contributed by atoms with Gasteiger partial charge in [-0.3, -0.25) is 4.79 Å². The quantitative estimate of drug-likeness (QED) is 0.441. The lowest BCUT2D eigenvalue weighted by atomic mass is 10.1. The highest BCUT2D eigenvalue weighted by Gasteiger charge is 2.29. The molecule has 0 spiro atoms. The molecule has 9 heteroatoms. The predicted octanol–water partition coefficient (Wildman–Crippen LogP) is 4.69. The molecule has 1 atom stereocenters. The van der Waals surface area contributed by atoms with E-state index in [2.05, 4.69) is 9.46 Å². The van der Waals surface area contributed by atoms with Crippen molar-refractivity contribution in [2.75, 3.05) is 7.11 Å². The molecule has 3 rings (SSSR count). The second-order valence-corrected chi connectivity index (χ2v) is 9.63. The maximum Gasteiger partial charge on any atom is 0.324 e. The summed E-state index contributed by atoms with van der Waals surface area (Å²) in [6.45, 7) is 3.32. The molecule has 0 amide bonds. The zero-order valence-electron chi connectivity index (χ0n) is 18.9. The highest BCUT2D eigenvalue weighted by Crippen LogP contribution is 2.25. The first-order chi connectivity index (χ1) is 16.1. The van der Waals surface area contributed by atoms with Crippen LogP contribution in [0.1, 0.15) is 19.4 Å². The summed E-state index contributed by atoms with van der Waals surface area (Å²) >= 11 is 0. The predicted molar refractivity (Wildman–Crippen MR) is 124 cm³/mol. The standard InChI is InChI=1S/C25H25F2NO5S/c1-16(2)24(25(29)32-3)28-34(30,31)21-13-9-18(10-14-21)17-7-11-20(12-8-17)33-15-19-5-4-6-22(26)23(19)27/h4-14,16,24,28H,15H2,1-3H3. The minimum atomic E-state index is -3.93. The molecule has 0 aliphatic rings. The highest BCUT2D eigenvalue weighted by molar-refractivity contribution is 7.89. The SMILES string of the molecule is COC(=O)C(NS(=O)(=O)c1ccc(-c2ccc(OCc3cccc(F)c3F)cc2)cc1)C(C)C. The molecule has 0 aliphatic carbocycles. The Hall–Kier alpha value is -3.30. The van der Waals surface area contributed by atoms with Gasteiger partial charge in [0.1, 0.15) is 18.4 Å². The fourth-order valence-corrected chi connectivity index (χ4v) is 4.54. The van der Waals surface area contributed by atoms with Crippen LogP contribution in [-0.2, 0) is 26.2 Å². The minimum Gasteiger partial charge on any atom is -0.489 e. The molecule has 0 fully saturated rings. The Bertz CT molecular complexity index is 1240. The van der Waals surface area contributed by atoms with E-state index in [-0.39, 0.29) is 23.0 Å². The molecule has 1 N–H and O–H groups in total. The number of halogens is 2. The van der Waals surface area contributed by atoms with Gasteiger partial charge in [0.25, 0.3) is 0 Å². The van der Waals surface area contributed by atoms with E-state index in [1.165, 1.54) is 31.4 Å². The molecular formula is C25H25F2NO5S. The van der Waals surface area contributed by atoms with Crippen molar-refractivity contribution in [3.63, 3.8) is 0 Å². The smallest absolute Gasteiger partial charge is 0.324 e. The van der Waals surface area contributed by atoms with Crippen molar-refractivity contribution < 1.29 is 31.5 Å². The molecule has 6 nitrogen and oxygen atoms in total. The van der Waals surface area contributed by atoms with E-state index in [0.29, 0.717) is 5.75 Å². The van der Waals surface area contributed by atoms with Gasteiger partial charge in [-0.2, -0.15) is 4.72 Å². The second-order valence-electron chi connectivity index (χ2n) is 7.92. The number of carbonyl (C=O) groups excluding carboxylic acids is 1. The van der Waals surface area contributed by atoms with Crippen molar-refractivity contribution in [2.45, 2.75) is 31.4 Å². The Kier molecular flexibility index (Phi) is 8.01. The Labute approximate surface area is 197 Å². The van der Waals surface area contributed by atoms with Crippen LogP contribution in [0.25, 0.3) is 11.1 Å². The first-order valence-electron chi connectivity index (χ1n) is 10.5. The van der Waals surface area contributed by atoms with Gasteiger partial charge in [-0.05, 0) is 47.4 Å². The van der Waals surface area contributed by atoms with Crippen LogP contribution >= 0.6 is 0 Å². The molecule has 180 valence electrons. The molecule has 0 aliphatic heterocycles. The average molecular weight is 490 g/mol. The zero-order chi connectivity index (χ0) is 24.9. The molecule has 0 aromatic heterocycles. The number of esters is 1. The number of sulfonamides is 1. The Balaban J connectivity index is 1.69. The Morgan fingerprint density at radius 1 is 0.941 bits per heavy atom. The molecule has 1 unspecified atom stereocenters. The summed E-state index contributed by atoms with van der Waals surface area (Å²) < 4.78 is 65.1. The van der Waals surface area contributed by atoms with Gasteiger partial charge in [-0.25, -0.2) is 17.2 Å². The largest absolute Gasteiger partial charge is 0.489 e. The van der Waals surface area contributed by atoms with Crippen molar-refractivity contribution in [2.24, 2.45) is 5.92 Å². The van der Waals surface area contributed by atoms with Crippen molar-refractivity contribution >= 4 is 16.0 Å². The number of nitrogens with one attached hydrogen (secondary N) is 1. The van der Waals surface area contributed by atoms with Gasteiger partial charge in [0.2, 0.25) is 10.0 Å². The molecule has 34 heavy (non-hydrogen) atoms. The second kappa shape index (κ2) is 10.8. The summed E-state index contributed by atoms with van der Waals surface area (Å²) in [7, 11) is -2.73. The molecule has 0 radical (unpaired) electrons. The van der Waals surface area contributed by atoms with Crippen molar-refractivity contribution in [1.29, 1.82) is 0 Å². The van der Waals surface area contributed by atoms with E-state index in [0.717, 1.165) is 17.2 Å². The number of hydrogen-bond acceptors (Lipinski definition) is 5. The van der Waals surface area contributed by atoms with Gasteiger partial charge in [0.15, 0.2) is 11.6 Å². The van der Waals surface area contributed by atoms with Gasteiger partial charge in [0, 0.05) is 5.56 Å². The molecule has 0 bridgehead atoms. The van der Waals surface area contributed by atoms with Crippen LogP contribution in [0.15, 0.2) is 71.6 Å². The third-order valence-corrected chi connectivity index (χ3v) is 6.64. The lowest BCUT2D eigenvalue weighted by Gasteiger charge is -2.19. The molecule has 0 heterocycles. The van der Waals surface area contributed by atoms with Gasteiger partial charge in [-0.15, -0.1) is 0 Å². The summed E-state index contributed by atoms with van der Waals surface area (Å²) in [6.07, 6.45) is 0. The third-order valence-electron chi connectivity index (χ3n) is 5.18. The van der Waals surface area contributed by atoms with Crippen molar-refractivity contribution in [3.05, 3.63) is 83.9 Å². The number of ether oxygens (including phenoxy) is 2. The van der Waals surface area contributed by atoms with E-state index in [4.69, 9.17) is 4.74 Å². The summed E-state index contributed by atoms with van der Waals surface area (Å²) in [5.74, 6) is -2.34. The highest BCUT2D eigenvalue weighted by atomic mass is 32.2. The van der Waals surface area contributed by atoms with Crippen LogP contribution in [0.4, 0.5) is 8.78 Å². The number of hydrogen-bond donors (Lipinski definition) is 1. The third kappa shape index (κ3) is 5.98. The van der Waals surface area contributed by atoms with E-state index in [1.807, 2.05) is 0 Å². The average Bonchev–Trinajstić information content (AvgIpc) is 2.83. The van der Waals surface area contributed by atoms with Crippen LogP contribution in [0.3, 0.4) is 0 Å². The summed E-state index contributed by atoms with van der Waals surface area (Å²) in [4.78, 5) is 11.9. The van der Waals surface area contributed by atoms with Gasteiger partial charge < -0.3 is 9.47 Å². The van der Waals surface area contributed by atoms with Crippen LogP contribution in [0, 0.1) is 17.6 Å². The lowest BCUT2D eigenvalue weighted by molar-refractivity contribution is -0.143. The minimum absolute atomic E-state index is 0.0166. The van der Waals surface area contributed by atoms with Crippen molar-refractivity contribution in [3.8, 4) is 16.9 Å². The molecule has 0 saturated carbocycles. The van der Waals surface area contributed by atoms with Gasteiger partial charge >= 0.3 is 5.97 Å². The number of carbonyl (C=O) groups is 1. The molecule has 3 aromatic carbocycles. The molecular weight excluding hydrogens is 464 g/mol. The fourth-order valence-electron chi connectivity index (χ4n) is 3.21. The van der Waals surface area contributed by atoms with Crippen LogP contribution < -0.4 is 9.46 Å². The number of methoxy groups -OCH3 is 1. The summed E-state index contributed by atoms with van der Waals surface area (Å²) in [5, 5.41) is 0. The maximum atomic E-state index is 13.7.